The number of rotatable bonds is 3. The van der Waals surface area contributed by atoms with Crippen LogP contribution < -0.4 is 4.90 Å². The van der Waals surface area contributed by atoms with Crippen molar-refractivity contribution in [3.63, 3.8) is 0 Å². The Kier molecular flexibility index (Phi) is 4.28. The van der Waals surface area contributed by atoms with Gasteiger partial charge in [0.2, 0.25) is 0 Å². The SMILES string of the molecule is Cc1cccc(C(C)C)c1N1CCC(CO)CC1. The van der Waals surface area contributed by atoms with Crippen LogP contribution in [-0.4, -0.2) is 24.8 Å². The Hall–Kier alpha value is -1.02. The molecule has 1 aromatic rings. The Morgan fingerprint density at radius 3 is 2.50 bits per heavy atom. The summed E-state index contributed by atoms with van der Waals surface area (Å²) >= 11 is 0. The van der Waals surface area contributed by atoms with Gasteiger partial charge in [0.25, 0.3) is 0 Å². The molecular weight excluding hydrogens is 222 g/mol. The van der Waals surface area contributed by atoms with Crippen molar-refractivity contribution in [1.82, 2.24) is 0 Å². The summed E-state index contributed by atoms with van der Waals surface area (Å²) in [6, 6.07) is 6.62. The lowest BCUT2D eigenvalue weighted by atomic mass is 9.93. The van der Waals surface area contributed by atoms with Gasteiger partial charge in [-0.3, -0.25) is 0 Å². The van der Waals surface area contributed by atoms with Crippen LogP contribution in [0.5, 0.6) is 0 Å². The van der Waals surface area contributed by atoms with E-state index in [1.807, 2.05) is 0 Å². The minimum atomic E-state index is 0.346. The molecule has 0 amide bonds. The number of aryl methyl sites for hydroxylation is 1. The van der Waals surface area contributed by atoms with Crippen molar-refractivity contribution in [1.29, 1.82) is 0 Å². The van der Waals surface area contributed by atoms with Gasteiger partial charge in [0.05, 0.1) is 0 Å². The molecule has 2 heteroatoms. The summed E-state index contributed by atoms with van der Waals surface area (Å²) in [5, 5.41) is 9.23. The monoisotopic (exact) mass is 247 g/mol. The Bertz CT molecular complexity index is 392. The smallest absolute Gasteiger partial charge is 0.0460 e. The van der Waals surface area contributed by atoms with Gasteiger partial charge in [0.15, 0.2) is 0 Å². The second kappa shape index (κ2) is 5.75. The molecule has 1 aliphatic rings. The largest absolute Gasteiger partial charge is 0.396 e. The zero-order valence-electron chi connectivity index (χ0n) is 11.8. The number of para-hydroxylation sites is 1. The van der Waals surface area contributed by atoms with Crippen LogP contribution >= 0.6 is 0 Å². The molecule has 1 N–H and O–H groups in total. The van der Waals surface area contributed by atoms with E-state index >= 15 is 0 Å². The molecule has 0 saturated carbocycles. The minimum absolute atomic E-state index is 0.346. The molecule has 1 heterocycles. The van der Waals surface area contributed by atoms with Crippen molar-refractivity contribution in [2.24, 2.45) is 5.92 Å². The van der Waals surface area contributed by atoms with Gasteiger partial charge in [0, 0.05) is 25.4 Å². The molecular formula is C16H25NO. The van der Waals surface area contributed by atoms with E-state index < -0.39 is 0 Å². The fourth-order valence-corrected chi connectivity index (χ4v) is 2.92. The van der Waals surface area contributed by atoms with Gasteiger partial charge in [-0.15, -0.1) is 0 Å². The van der Waals surface area contributed by atoms with E-state index in [-0.39, 0.29) is 0 Å². The Labute approximate surface area is 111 Å². The molecule has 0 spiro atoms. The molecule has 2 nitrogen and oxygen atoms in total. The molecule has 0 atom stereocenters. The van der Waals surface area contributed by atoms with Gasteiger partial charge in [-0.1, -0.05) is 32.0 Å². The molecule has 0 radical (unpaired) electrons. The average Bonchev–Trinajstić information content (AvgIpc) is 2.38. The average molecular weight is 247 g/mol. The first-order chi connectivity index (χ1) is 8.63. The van der Waals surface area contributed by atoms with Gasteiger partial charge in [-0.05, 0) is 42.7 Å². The predicted octanol–water partition coefficient (Wildman–Crippen LogP) is 3.33. The summed E-state index contributed by atoms with van der Waals surface area (Å²) < 4.78 is 0. The maximum absolute atomic E-state index is 9.23. The maximum atomic E-state index is 9.23. The number of nitrogens with zero attached hydrogens (tertiary/aromatic N) is 1. The Morgan fingerprint density at radius 1 is 1.28 bits per heavy atom. The fourth-order valence-electron chi connectivity index (χ4n) is 2.92. The highest BCUT2D eigenvalue weighted by Crippen LogP contribution is 2.33. The molecule has 0 aromatic heterocycles. The van der Waals surface area contributed by atoms with Crippen molar-refractivity contribution in [3.05, 3.63) is 29.3 Å². The standard InChI is InChI=1S/C16H25NO/c1-12(2)15-6-4-5-13(3)16(15)17-9-7-14(11-18)8-10-17/h4-6,12,14,18H,7-11H2,1-3H3. The predicted molar refractivity (Wildman–Crippen MR) is 77.3 cm³/mol. The third-order valence-electron chi connectivity index (χ3n) is 4.08. The zero-order valence-corrected chi connectivity index (χ0v) is 11.8. The summed E-state index contributed by atoms with van der Waals surface area (Å²) in [4.78, 5) is 2.51. The summed E-state index contributed by atoms with van der Waals surface area (Å²) in [6.45, 7) is 9.24. The highest BCUT2D eigenvalue weighted by Gasteiger charge is 2.22. The van der Waals surface area contributed by atoms with E-state index in [2.05, 4.69) is 43.9 Å². The number of benzene rings is 1. The van der Waals surface area contributed by atoms with Crippen LogP contribution in [0.2, 0.25) is 0 Å². The summed E-state index contributed by atoms with van der Waals surface area (Å²) in [6.07, 6.45) is 2.23. The molecule has 0 unspecified atom stereocenters. The van der Waals surface area contributed by atoms with Crippen LogP contribution in [0.1, 0.15) is 43.7 Å². The van der Waals surface area contributed by atoms with E-state index in [4.69, 9.17) is 0 Å². The zero-order chi connectivity index (χ0) is 13.1. The number of anilines is 1. The number of aliphatic hydroxyl groups excluding tert-OH is 1. The molecule has 1 aliphatic heterocycles. The summed E-state index contributed by atoms with van der Waals surface area (Å²) in [5.41, 5.74) is 4.27. The molecule has 1 aromatic carbocycles. The third kappa shape index (κ3) is 2.69. The Balaban J connectivity index is 2.23. The third-order valence-corrected chi connectivity index (χ3v) is 4.08. The number of hydrogen-bond donors (Lipinski definition) is 1. The highest BCUT2D eigenvalue weighted by atomic mass is 16.3. The van der Waals surface area contributed by atoms with Gasteiger partial charge in [0.1, 0.15) is 0 Å². The molecule has 100 valence electrons. The molecule has 18 heavy (non-hydrogen) atoms. The number of aliphatic hydroxyl groups is 1. The maximum Gasteiger partial charge on any atom is 0.0460 e. The first kappa shape index (κ1) is 13.4. The molecule has 0 bridgehead atoms. The first-order valence-corrected chi connectivity index (χ1v) is 7.08. The van der Waals surface area contributed by atoms with Crippen LogP contribution in [0, 0.1) is 12.8 Å². The lowest BCUT2D eigenvalue weighted by molar-refractivity contribution is 0.203. The van der Waals surface area contributed by atoms with Crippen LogP contribution in [0.25, 0.3) is 0 Å². The van der Waals surface area contributed by atoms with Crippen molar-refractivity contribution in [2.75, 3.05) is 24.6 Å². The van der Waals surface area contributed by atoms with Crippen molar-refractivity contribution < 1.29 is 5.11 Å². The van der Waals surface area contributed by atoms with Crippen LogP contribution in [0.4, 0.5) is 5.69 Å². The van der Waals surface area contributed by atoms with E-state index in [9.17, 15) is 5.11 Å². The van der Waals surface area contributed by atoms with Crippen LogP contribution in [0.3, 0.4) is 0 Å². The Morgan fingerprint density at radius 2 is 1.94 bits per heavy atom. The molecule has 2 rings (SSSR count). The highest BCUT2D eigenvalue weighted by molar-refractivity contribution is 5.60. The minimum Gasteiger partial charge on any atom is -0.396 e. The van der Waals surface area contributed by atoms with E-state index in [1.54, 1.807) is 0 Å². The first-order valence-electron chi connectivity index (χ1n) is 7.08. The quantitative estimate of drug-likeness (QED) is 0.885. The van der Waals surface area contributed by atoms with Crippen LogP contribution in [-0.2, 0) is 0 Å². The molecule has 1 fully saturated rings. The normalized spacial score (nSPS) is 17.5. The van der Waals surface area contributed by atoms with E-state index in [0.29, 0.717) is 18.4 Å². The lowest BCUT2D eigenvalue weighted by Crippen LogP contribution is -2.35. The summed E-state index contributed by atoms with van der Waals surface area (Å²) in [7, 11) is 0. The van der Waals surface area contributed by atoms with E-state index in [1.165, 1.54) is 16.8 Å². The van der Waals surface area contributed by atoms with Crippen LogP contribution in [0.15, 0.2) is 18.2 Å². The van der Waals surface area contributed by atoms with Gasteiger partial charge >= 0.3 is 0 Å². The second-order valence-corrected chi connectivity index (χ2v) is 5.78. The molecule has 1 saturated heterocycles. The van der Waals surface area contributed by atoms with Gasteiger partial charge in [-0.2, -0.15) is 0 Å². The second-order valence-electron chi connectivity index (χ2n) is 5.78. The van der Waals surface area contributed by atoms with Crippen molar-refractivity contribution >= 4 is 5.69 Å². The molecule has 0 aliphatic carbocycles. The lowest BCUT2D eigenvalue weighted by Gasteiger charge is -2.35. The number of hydrogen-bond acceptors (Lipinski definition) is 2. The van der Waals surface area contributed by atoms with Crippen molar-refractivity contribution in [2.45, 2.75) is 39.5 Å². The van der Waals surface area contributed by atoms with Gasteiger partial charge < -0.3 is 10.0 Å². The summed E-state index contributed by atoms with van der Waals surface area (Å²) in [5.74, 6) is 1.07. The fraction of sp³-hybridized carbons (Fsp3) is 0.625. The van der Waals surface area contributed by atoms with Gasteiger partial charge in [-0.25, -0.2) is 0 Å². The number of piperidine rings is 1. The van der Waals surface area contributed by atoms with E-state index in [0.717, 1.165) is 25.9 Å². The van der Waals surface area contributed by atoms with Crippen molar-refractivity contribution in [3.8, 4) is 0 Å². The topological polar surface area (TPSA) is 23.5 Å².